The fourth-order valence-corrected chi connectivity index (χ4v) is 3.59. The molecule has 2 aliphatic rings. The van der Waals surface area contributed by atoms with Crippen LogP contribution in [0.2, 0.25) is 5.02 Å². The van der Waals surface area contributed by atoms with Crippen molar-refractivity contribution in [1.29, 1.82) is 0 Å². The second-order valence-electron chi connectivity index (χ2n) is 6.38. The van der Waals surface area contributed by atoms with Crippen LogP contribution in [0.4, 0.5) is 4.39 Å². The Balaban J connectivity index is 1.75. The number of benzene rings is 2. The summed E-state index contributed by atoms with van der Waals surface area (Å²) < 4.78 is 26.5. The smallest absolute Gasteiger partial charge is 0.278 e. The van der Waals surface area contributed by atoms with E-state index >= 15 is 0 Å². The van der Waals surface area contributed by atoms with Crippen LogP contribution in [0.5, 0.6) is 11.5 Å². The highest BCUT2D eigenvalue weighted by molar-refractivity contribution is 6.30. The first-order chi connectivity index (χ1) is 11.6. The Labute approximate surface area is 145 Å². The van der Waals surface area contributed by atoms with Crippen LogP contribution >= 0.6 is 11.6 Å². The summed E-state index contributed by atoms with van der Waals surface area (Å²) in [5.74, 6) is -0.280. The molecule has 2 aromatic rings. The molecule has 4 heteroatoms. The largest absolute Gasteiger partial charge is 0.444 e. The molecule has 0 unspecified atom stereocenters. The predicted octanol–water partition coefficient (Wildman–Crippen LogP) is 6.08. The van der Waals surface area contributed by atoms with Gasteiger partial charge in [0.2, 0.25) is 0 Å². The fraction of sp³-hybridized carbons (Fsp3) is 0.300. The zero-order chi connectivity index (χ0) is 16.7. The number of allylic oxidation sites excluding steroid dienone is 2. The van der Waals surface area contributed by atoms with Gasteiger partial charge in [0.05, 0.1) is 5.56 Å². The summed E-state index contributed by atoms with van der Waals surface area (Å²) in [5, 5.41) is 0.350. The highest BCUT2D eigenvalue weighted by Gasteiger charge is 2.42. The number of hydrogen-bond acceptors (Lipinski definition) is 2. The van der Waals surface area contributed by atoms with Gasteiger partial charge >= 0.3 is 0 Å². The van der Waals surface area contributed by atoms with E-state index in [0.717, 1.165) is 18.4 Å². The Kier molecular flexibility index (Phi) is 3.76. The van der Waals surface area contributed by atoms with E-state index in [9.17, 15) is 4.39 Å². The van der Waals surface area contributed by atoms with Crippen molar-refractivity contribution in [3.05, 3.63) is 64.4 Å². The lowest BCUT2D eigenvalue weighted by molar-refractivity contribution is -0.0708. The maximum atomic E-state index is 14.4. The quantitative estimate of drug-likeness (QED) is 0.657. The zero-order valence-electron chi connectivity index (χ0n) is 13.4. The highest BCUT2D eigenvalue weighted by Crippen LogP contribution is 2.49. The summed E-state index contributed by atoms with van der Waals surface area (Å²) in [5.41, 5.74) is 2.67. The molecule has 1 aliphatic heterocycles. The van der Waals surface area contributed by atoms with Gasteiger partial charge in [-0.15, -0.1) is 0 Å². The molecule has 4 rings (SSSR count). The van der Waals surface area contributed by atoms with Crippen LogP contribution in [0.1, 0.15) is 43.7 Å². The van der Waals surface area contributed by atoms with E-state index in [4.69, 9.17) is 21.1 Å². The van der Waals surface area contributed by atoms with E-state index in [1.807, 2.05) is 18.2 Å². The van der Waals surface area contributed by atoms with Crippen molar-refractivity contribution in [3.8, 4) is 11.5 Å². The molecule has 0 aromatic heterocycles. The third kappa shape index (κ3) is 2.57. The number of ether oxygens (including phenoxy) is 2. The van der Waals surface area contributed by atoms with Gasteiger partial charge in [0, 0.05) is 17.5 Å². The average Bonchev–Trinajstić information content (AvgIpc) is 2.92. The number of fused-ring (bicyclic) bond motifs is 1. The van der Waals surface area contributed by atoms with E-state index in [1.165, 1.54) is 24.5 Å². The first-order valence-corrected chi connectivity index (χ1v) is 8.60. The van der Waals surface area contributed by atoms with Crippen molar-refractivity contribution in [2.24, 2.45) is 0 Å². The average molecular weight is 345 g/mol. The minimum Gasteiger partial charge on any atom is -0.444 e. The summed E-state index contributed by atoms with van der Waals surface area (Å²) in [6.45, 7) is 1.73. The molecule has 0 saturated heterocycles. The van der Waals surface area contributed by atoms with Gasteiger partial charge < -0.3 is 9.47 Å². The molecule has 1 aliphatic carbocycles. The Morgan fingerprint density at radius 1 is 1.12 bits per heavy atom. The van der Waals surface area contributed by atoms with Gasteiger partial charge in [-0.1, -0.05) is 29.8 Å². The van der Waals surface area contributed by atoms with Crippen LogP contribution in [-0.2, 0) is 5.79 Å². The molecule has 0 bridgehead atoms. The van der Waals surface area contributed by atoms with Crippen LogP contribution in [-0.4, -0.2) is 0 Å². The molecule has 0 fully saturated rings. The lowest BCUT2D eigenvalue weighted by atomic mass is 9.93. The third-order valence-corrected chi connectivity index (χ3v) is 4.87. The summed E-state index contributed by atoms with van der Waals surface area (Å²) in [7, 11) is 0. The topological polar surface area (TPSA) is 18.5 Å². The molecule has 2 nitrogen and oxygen atoms in total. The number of rotatable bonds is 2. The number of hydrogen-bond donors (Lipinski definition) is 0. The number of para-hydroxylation sites is 1. The van der Waals surface area contributed by atoms with Crippen molar-refractivity contribution in [2.75, 3.05) is 0 Å². The molecular formula is C20H18ClFO2. The third-order valence-electron chi connectivity index (χ3n) is 4.64. The molecule has 0 radical (unpaired) electrons. The maximum Gasteiger partial charge on any atom is 0.278 e. The SMILES string of the molecule is C[C@@]1(c2ccc(Cl)cc2F)Oc2cccc(C3=CCCCC3)c2O1. The van der Waals surface area contributed by atoms with E-state index in [1.54, 1.807) is 19.1 Å². The van der Waals surface area contributed by atoms with Gasteiger partial charge in [-0.2, -0.15) is 0 Å². The monoisotopic (exact) mass is 344 g/mol. The molecule has 0 amide bonds. The molecular weight excluding hydrogens is 327 g/mol. The van der Waals surface area contributed by atoms with E-state index in [2.05, 4.69) is 6.08 Å². The second-order valence-corrected chi connectivity index (χ2v) is 6.82. The van der Waals surface area contributed by atoms with Gasteiger partial charge in [0.25, 0.3) is 5.79 Å². The molecule has 124 valence electrons. The molecule has 1 heterocycles. The van der Waals surface area contributed by atoms with Crippen LogP contribution in [0, 0.1) is 5.82 Å². The summed E-state index contributed by atoms with van der Waals surface area (Å²) in [6, 6.07) is 10.4. The van der Waals surface area contributed by atoms with E-state index < -0.39 is 11.6 Å². The lowest BCUT2D eigenvalue weighted by Gasteiger charge is -2.24. The summed E-state index contributed by atoms with van der Waals surface area (Å²) in [6.07, 6.45) is 6.79. The van der Waals surface area contributed by atoms with E-state index in [-0.39, 0.29) is 0 Å². The van der Waals surface area contributed by atoms with Gasteiger partial charge in [-0.05, 0) is 55.5 Å². The highest BCUT2D eigenvalue weighted by atomic mass is 35.5. The van der Waals surface area contributed by atoms with Crippen LogP contribution < -0.4 is 9.47 Å². The van der Waals surface area contributed by atoms with Crippen LogP contribution in [0.25, 0.3) is 5.57 Å². The maximum absolute atomic E-state index is 14.4. The Morgan fingerprint density at radius 3 is 2.75 bits per heavy atom. The fourth-order valence-electron chi connectivity index (χ4n) is 3.43. The van der Waals surface area contributed by atoms with Gasteiger partial charge in [-0.25, -0.2) is 4.39 Å². The summed E-state index contributed by atoms with van der Waals surface area (Å²) in [4.78, 5) is 0. The summed E-state index contributed by atoms with van der Waals surface area (Å²) >= 11 is 5.86. The molecule has 0 saturated carbocycles. The van der Waals surface area contributed by atoms with Gasteiger partial charge in [0.15, 0.2) is 11.5 Å². The van der Waals surface area contributed by atoms with Crippen molar-refractivity contribution >= 4 is 17.2 Å². The van der Waals surface area contributed by atoms with Gasteiger partial charge in [0.1, 0.15) is 5.82 Å². The Morgan fingerprint density at radius 2 is 2.00 bits per heavy atom. The van der Waals surface area contributed by atoms with Crippen LogP contribution in [0.3, 0.4) is 0 Å². The van der Waals surface area contributed by atoms with Crippen molar-refractivity contribution in [2.45, 2.75) is 38.4 Å². The molecule has 2 aromatic carbocycles. The standard InChI is InChI=1S/C20H18ClFO2/c1-20(16-11-10-14(21)12-17(16)22)23-18-9-5-8-15(19(18)24-20)13-6-3-2-4-7-13/h5-6,8-12H,2-4,7H2,1H3/t20-/m1/s1. The molecule has 0 spiro atoms. The first-order valence-electron chi connectivity index (χ1n) is 8.23. The minimum absolute atomic E-state index is 0.340. The molecule has 1 atom stereocenters. The predicted molar refractivity (Wildman–Crippen MR) is 92.9 cm³/mol. The van der Waals surface area contributed by atoms with Gasteiger partial charge in [-0.3, -0.25) is 0 Å². The Hall–Kier alpha value is -2.00. The van der Waals surface area contributed by atoms with Crippen molar-refractivity contribution in [1.82, 2.24) is 0 Å². The zero-order valence-corrected chi connectivity index (χ0v) is 14.2. The first kappa shape index (κ1) is 15.5. The van der Waals surface area contributed by atoms with Crippen LogP contribution in [0.15, 0.2) is 42.5 Å². The minimum atomic E-state index is -1.19. The second kappa shape index (κ2) is 5.82. The Bertz CT molecular complexity index is 830. The van der Waals surface area contributed by atoms with Crippen molar-refractivity contribution in [3.63, 3.8) is 0 Å². The van der Waals surface area contributed by atoms with Crippen molar-refractivity contribution < 1.29 is 13.9 Å². The number of halogens is 2. The normalized spacial score (nSPS) is 22.4. The van der Waals surface area contributed by atoms with E-state index in [0.29, 0.717) is 22.1 Å². The molecule has 0 N–H and O–H groups in total. The lowest BCUT2D eigenvalue weighted by Crippen LogP contribution is -2.32. The molecule has 24 heavy (non-hydrogen) atoms.